The number of benzene rings is 1. The van der Waals surface area contributed by atoms with Crippen molar-refractivity contribution in [3.63, 3.8) is 0 Å². The summed E-state index contributed by atoms with van der Waals surface area (Å²) in [6.45, 7) is 4.15. The first-order chi connectivity index (χ1) is 11.1. The fourth-order valence-electron chi connectivity index (χ4n) is 2.16. The van der Waals surface area contributed by atoms with Crippen molar-refractivity contribution >= 4 is 17.3 Å². The van der Waals surface area contributed by atoms with Crippen LogP contribution in [0.2, 0.25) is 0 Å². The summed E-state index contributed by atoms with van der Waals surface area (Å²) >= 11 is 1.60. The van der Waals surface area contributed by atoms with E-state index in [0.29, 0.717) is 5.56 Å². The van der Waals surface area contributed by atoms with Crippen molar-refractivity contribution in [3.8, 4) is 16.2 Å². The monoisotopic (exact) mass is 332 g/mol. The predicted octanol–water partition coefficient (Wildman–Crippen LogP) is 5.77. The zero-order chi connectivity index (χ0) is 16.7. The third-order valence-electron chi connectivity index (χ3n) is 3.29. The van der Waals surface area contributed by atoms with Crippen LogP contribution >= 0.6 is 11.3 Å². The molecular weight excluding hydrogens is 311 g/mol. The lowest BCUT2D eigenvalue weighted by Gasteiger charge is -2.05. The molecule has 0 saturated carbocycles. The summed E-state index contributed by atoms with van der Waals surface area (Å²) in [6, 6.07) is 8.53. The Bertz CT molecular complexity index is 688. The highest BCUT2D eigenvalue weighted by Gasteiger charge is 2.10. The molecule has 23 heavy (non-hydrogen) atoms. The summed E-state index contributed by atoms with van der Waals surface area (Å²) < 4.78 is 19.4. The fourth-order valence-corrected chi connectivity index (χ4v) is 3.30. The third kappa shape index (κ3) is 5.03. The molecule has 0 radical (unpaired) electrons. The largest absolute Gasteiger partial charge is 0.423 e. The molecule has 0 N–H and O–H groups in total. The van der Waals surface area contributed by atoms with Crippen LogP contribution < -0.4 is 4.74 Å². The van der Waals surface area contributed by atoms with Crippen molar-refractivity contribution in [2.24, 2.45) is 0 Å². The number of hydrogen-bond acceptors (Lipinski definition) is 3. The minimum Gasteiger partial charge on any atom is -0.423 e. The molecule has 0 aliphatic carbocycles. The Labute approximate surface area is 140 Å². The molecule has 0 spiro atoms. The van der Waals surface area contributed by atoms with Gasteiger partial charge < -0.3 is 4.74 Å². The molecule has 1 aromatic carbocycles. The smallest absolute Gasteiger partial charge is 0.335 e. The van der Waals surface area contributed by atoms with E-state index < -0.39 is 5.97 Å². The van der Waals surface area contributed by atoms with Gasteiger partial charge >= 0.3 is 5.97 Å². The average Bonchev–Trinajstić information content (AvgIpc) is 2.96. The van der Waals surface area contributed by atoms with Gasteiger partial charge in [0, 0.05) is 27.5 Å². The second-order valence-corrected chi connectivity index (χ2v) is 6.44. The van der Waals surface area contributed by atoms with Gasteiger partial charge in [0.15, 0.2) is 0 Å². The summed E-state index contributed by atoms with van der Waals surface area (Å²) in [6.07, 6.45) is 7.00. The normalized spacial score (nSPS) is 11.1. The molecule has 2 nitrogen and oxygen atoms in total. The Hall–Kier alpha value is -1.94. The number of halogens is 1. The van der Waals surface area contributed by atoms with Crippen LogP contribution in [0.4, 0.5) is 4.39 Å². The molecule has 0 unspecified atom stereocenters. The summed E-state index contributed by atoms with van der Waals surface area (Å²) in [7, 11) is 0. The fraction of sp³-hybridized carbons (Fsp3) is 0.316. The Kier molecular flexibility index (Phi) is 6.53. The number of ether oxygens (including phenoxy) is 1. The zero-order valence-corrected chi connectivity index (χ0v) is 14.3. The van der Waals surface area contributed by atoms with E-state index in [-0.39, 0.29) is 11.6 Å². The first kappa shape index (κ1) is 17.4. The molecule has 2 rings (SSSR count). The van der Waals surface area contributed by atoms with Gasteiger partial charge in [0.25, 0.3) is 0 Å². The first-order valence-electron chi connectivity index (χ1n) is 7.91. The quantitative estimate of drug-likeness (QED) is 0.365. The summed E-state index contributed by atoms with van der Waals surface area (Å²) in [5.74, 6) is -0.632. The zero-order valence-electron chi connectivity index (χ0n) is 13.5. The Morgan fingerprint density at radius 2 is 2.04 bits per heavy atom. The molecule has 0 amide bonds. The van der Waals surface area contributed by atoms with Gasteiger partial charge in [-0.3, -0.25) is 0 Å². The van der Waals surface area contributed by atoms with Crippen molar-refractivity contribution < 1.29 is 13.9 Å². The predicted molar refractivity (Wildman–Crippen MR) is 93.4 cm³/mol. The van der Waals surface area contributed by atoms with E-state index in [4.69, 9.17) is 4.74 Å². The van der Waals surface area contributed by atoms with Gasteiger partial charge in [-0.2, -0.15) is 0 Å². The van der Waals surface area contributed by atoms with Gasteiger partial charge in [-0.25, -0.2) is 9.18 Å². The minimum absolute atomic E-state index is 0.225. The SMILES string of the molecule is CCCC=CC(=O)Oc1ccc(-c2ccc(CCC)s2)c(F)c1. The third-order valence-corrected chi connectivity index (χ3v) is 4.47. The summed E-state index contributed by atoms with van der Waals surface area (Å²) in [5.41, 5.74) is 0.540. The Balaban J connectivity index is 2.09. The molecule has 4 heteroatoms. The number of rotatable bonds is 7. The lowest BCUT2D eigenvalue weighted by Crippen LogP contribution is -2.04. The van der Waals surface area contributed by atoms with Gasteiger partial charge in [0.2, 0.25) is 0 Å². The molecule has 1 aromatic heterocycles. The number of allylic oxidation sites excluding steroid dienone is 1. The highest BCUT2D eigenvalue weighted by molar-refractivity contribution is 7.15. The lowest BCUT2D eigenvalue weighted by atomic mass is 10.1. The van der Waals surface area contributed by atoms with Crippen LogP contribution in [0.5, 0.6) is 5.75 Å². The van der Waals surface area contributed by atoms with Gasteiger partial charge in [-0.1, -0.05) is 32.8 Å². The maximum Gasteiger partial charge on any atom is 0.335 e. The minimum atomic E-state index is -0.480. The number of carbonyl (C=O) groups is 1. The molecule has 2 aromatic rings. The van der Waals surface area contributed by atoms with Crippen LogP contribution in [-0.4, -0.2) is 5.97 Å². The van der Waals surface area contributed by atoms with Gasteiger partial charge in [-0.05, 0) is 37.1 Å². The number of aryl methyl sites for hydroxylation is 1. The van der Waals surface area contributed by atoms with Crippen LogP contribution in [0.1, 0.15) is 38.0 Å². The maximum atomic E-state index is 14.3. The Morgan fingerprint density at radius 1 is 1.22 bits per heavy atom. The molecule has 122 valence electrons. The van der Waals surface area contributed by atoms with Crippen LogP contribution in [0.3, 0.4) is 0 Å². The van der Waals surface area contributed by atoms with Gasteiger partial charge in [0.05, 0.1) is 0 Å². The molecule has 1 heterocycles. The van der Waals surface area contributed by atoms with Crippen LogP contribution in [0, 0.1) is 5.82 Å². The highest BCUT2D eigenvalue weighted by atomic mass is 32.1. The first-order valence-corrected chi connectivity index (χ1v) is 8.72. The molecule has 0 fully saturated rings. The van der Waals surface area contributed by atoms with Crippen molar-refractivity contribution in [2.75, 3.05) is 0 Å². The molecule has 0 bridgehead atoms. The van der Waals surface area contributed by atoms with Crippen LogP contribution in [0.25, 0.3) is 10.4 Å². The van der Waals surface area contributed by atoms with Crippen molar-refractivity contribution in [2.45, 2.75) is 39.5 Å². The van der Waals surface area contributed by atoms with E-state index in [1.807, 2.05) is 19.1 Å². The molecule has 0 atom stereocenters. The lowest BCUT2D eigenvalue weighted by molar-refractivity contribution is -0.129. The van der Waals surface area contributed by atoms with E-state index in [2.05, 4.69) is 6.92 Å². The van der Waals surface area contributed by atoms with Crippen molar-refractivity contribution in [1.29, 1.82) is 0 Å². The number of thiophene rings is 1. The number of carbonyl (C=O) groups excluding carboxylic acids is 1. The standard InChI is InChI=1S/C19H21FO2S/c1-3-5-6-8-19(21)22-14-9-11-16(17(20)13-14)18-12-10-15(23-18)7-4-2/h6,8-13H,3-5,7H2,1-2H3. The topological polar surface area (TPSA) is 26.3 Å². The number of esters is 1. The Morgan fingerprint density at radius 3 is 2.74 bits per heavy atom. The highest BCUT2D eigenvalue weighted by Crippen LogP contribution is 2.32. The van der Waals surface area contributed by atoms with Crippen LogP contribution in [0.15, 0.2) is 42.5 Å². The van der Waals surface area contributed by atoms with E-state index in [1.54, 1.807) is 29.5 Å². The van der Waals surface area contributed by atoms with Crippen molar-refractivity contribution in [3.05, 3.63) is 53.2 Å². The molecule has 0 aliphatic rings. The summed E-state index contributed by atoms with van der Waals surface area (Å²) in [5, 5.41) is 0. The van der Waals surface area contributed by atoms with Gasteiger partial charge in [0.1, 0.15) is 11.6 Å². The number of unbranched alkanes of at least 4 members (excludes halogenated alkanes) is 1. The van der Waals surface area contributed by atoms with Gasteiger partial charge in [-0.15, -0.1) is 11.3 Å². The van der Waals surface area contributed by atoms with Crippen LogP contribution in [-0.2, 0) is 11.2 Å². The van der Waals surface area contributed by atoms with E-state index >= 15 is 0 Å². The second kappa shape index (κ2) is 8.63. The second-order valence-electron chi connectivity index (χ2n) is 5.27. The average molecular weight is 332 g/mol. The summed E-state index contributed by atoms with van der Waals surface area (Å²) in [4.78, 5) is 13.7. The van der Waals surface area contributed by atoms with Crippen molar-refractivity contribution in [1.82, 2.24) is 0 Å². The number of hydrogen-bond donors (Lipinski definition) is 0. The molecule has 0 saturated heterocycles. The maximum absolute atomic E-state index is 14.3. The van der Waals surface area contributed by atoms with E-state index in [0.717, 1.165) is 30.6 Å². The molecular formula is C19H21FO2S. The van der Waals surface area contributed by atoms with E-state index in [9.17, 15) is 9.18 Å². The van der Waals surface area contributed by atoms with E-state index in [1.165, 1.54) is 17.0 Å². The molecule has 0 aliphatic heterocycles.